The minimum absolute atomic E-state index is 0.478. The second-order valence-electron chi connectivity index (χ2n) is 3.98. The lowest BCUT2D eigenvalue weighted by Crippen LogP contribution is -2.11. The smallest absolute Gasteiger partial charge is 0.158 e. The maximum atomic E-state index is 9.28. The number of hydrogen-bond acceptors (Lipinski definition) is 5. The Bertz CT molecular complexity index is 608. The standard InChI is InChI=1S/C11H11N5S/c1-17-11-8(6-12)10(14-7-2-3-7)16-9(15-11)4-5-13-16/h4-5,7,14H,2-3H2,1H3. The molecule has 17 heavy (non-hydrogen) atoms. The molecule has 1 fully saturated rings. The van der Waals surface area contributed by atoms with Crippen molar-refractivity contribution >= 4 is 23.2 Å². The van der Waals surface area contributed by atoms with Gasteiger partial charge in [0, 0.05) is 12.1 Å². The van der Waals surface area contributed by atoms with Crippen LogP contribution in [0.1, 0.15) is 18.4 Å². The molecule has 6 heteroatoms. The van der Waals surface area contributed by atoms with Crippen molar-refractivity contribution in [2.24, 2.45) is 0 Å². The van der Waals surface area contributed by atoms with Crippen molar-refractivity contribution in [2.45, 2.75) is 23.9 Å². The zero-order chi connectivity index (χ0) is 11.8. The fourth-order valence-electron chi connectivity index (χ4n) is 1.72. The predicted octanol–water partition coefficient (Wildman–Crippen LogP) is 1.90. The lowest BCUT2D eigenvalue weighted by Gasteiger charge is -2.11. The van der Waals surface area contributed by atoms with Crippen LogP contribution in [0.2, 0.25) is 0 Å². The molecule has 1 saturated carbocycles. The SMILES string of the molecule is CSc1nc2ccnn2c(NC2CC2)c1C#N. The molecule has 0 aromatic carbocycles. The number of hydrogen-bond donors (Lipinski definition) is 1. The molecule has 1 aliphatic carbocycles. The Morgan fingerprint density at radius 3 is 3.06 bits per heavy atom. The van der Waals surface area contributed by atoms with Crippen LogP contribution in [0.4, 0.5) is 5.82 Å². The Balaban J connectivity index is 2.24. The van der Waals surface area contributed by atoms with E-state index in [4.69, 9.17) is 0 Å². The van der Waals surface area contributed by atoms with E-state index in [1.807, 2.05) is 12.3 Å². The Hall–Kier alpha value is -1.74. The van der Waals surface area contributed by atoms with Gasteiger partial charge in [0.15, 0.2) is 11.5 Å². The molecule has 0 saturated heterocycles. The molecule has 0 unspecified atom stereocenters. The van der Waals surface area contributed by atoms with Crippen LogP contribution in [0.5, 0.6) is 0 Å². The lowest BCUT2D eigenvalue weighted by atomic mass is 10.3. The van der Waals surface area contributed by atoms with Crippen molar-refractivity contribution in [3.8, 4) is 6.07 Å². The number of nitrogens with one attached hydrogen (secondary N) is 1. The molecule has 0 radical (unpaired) electrons. The van der Waals surface area contributed by atoms with Gasteiger partial charge < -0.3 is 5.32 Å². The van der Waals surface area contributed by atoms with E-state index in [2.05, 4.69) is 21.5 Å². The summed E-state index contributed by atoms with van der Waals surface area (Å²) in [4.78, 5) is 4.41. The van der Waals surface area contributed by atoms with E-state index in [-0.39, 0.29) is 0 Å². The molecule has 2 aromatic rings. The summed E-state index contributed by atoms with van der Waals surface area (Å²) in [5.41, 5.74) is 1.36. The summed E-state index contributed by atoms with van der Waals surface area (Å²) < 4.78 is 1.70. The van der Waals surface area contributed by atoms with E-state index >= 15 is 0 Å². The van der Waals surface area contributed by atoms with E-state index in [1.54, 1.807) is 10.7 Å². The summed E-state index contributed by atoms with van der Waals surface area (Å²) in [6.45, 7) is 0. The highest BCUT2D eigenvalue weighted by Gasteiger charge is 2.25. The molecule has 86 valence electrons. The fourth-order valence-corrected chi connectivity index (χ4v) is 2.25. The average molecular weight is 245 g/mol. The molecule has 0 bridgehead atoms. The average Bonchev–Trinajstić information content (AvgIpc) is 3.04. The molecule has 3 rings (SSSR count). The largest absolute Gasteiger partial charge is 0.366 e. The number of nitrogens with zero attached hydrogens (tertiary/aromatic N) is 4. The van der Waals surface area contributed by atoms with Gasteiger partial charge in [-0.2, -0.15) is 14.9 Å². The van der Waals surface area contributed by atoms with Gasteiger partial charge in [-0.1, -0.05) is 0 Å². The Kier molecular flexibility index (Phi) is 2.41. The second-order valence-corrected chi connectivity index (χ2v) is 4.77. The normalized spacial score (nSPS) is 14.8. The second kappa shape index (κ2) is 3.93. The highest BCUT2D eigenvalue weighted by molar-refractivity contribution is 7.98. The van der Waals surface area contributed by atoms with Crippen LogP contribution >= 0.6 is 11.8 Å². The number of anilines is 1. The molecule has 2 heterocycles. The highest BCUT2D eigenvalue weighted by Crippen LogP contribution is 2.30. The van der Waals surface area contributed by atoms with Gasteiger partial charge in [0.25, 0.3) is 0 Å². The maximum Gasteiger partial charge on any atom is 0.158 e. The van der Waals surface area contributed by atoms with Gasteiger partial charge in [-0.15, -0.1) is 11.8 Å². The molecule has 1 N–H and O–H groups in total. The molecular formula is C11H11N5S. The van der Waals surface area contributed by atoms with Gasteiger partial charge in [0.2, 0.25) is 0 Å². The van der Waals surface area contributed by atoms with Crippen molar-refractivity contribution in [2.75, 3.05) is 11.6 Å². The third-order valence-electron chi connectivity index (χ3n) is 2.72. The number of fused-ring (bicyclic) bond motifs is 1. The van der Waals surface area contributed by atoms with Crippen LogP contribution in [-0.4, -0.2) is 26.9 Å². The van der Waals surface area contributed by atoms with Gasteiger partial charge >= 0.3 is 0 Å². The first kappa shape index (κ1) is 10.4. The summed E-state index contributed by atoms with van der Waals surface area (Å²) in [6.07, 6.45) is 5.94. The Morgan fingerprint density at radius 1 is 1.59 bits per heavy atom. The third-order valence-corrected chi connectivity index (χ3v) is 3.41. The Morgan fingerprint density at radius 2 is 2.41 bits per heavy atom. The summed E-state index contributed by atoms with van der Waals surface area (Å²) in [5.74, 6) is 0.773. The van der Waals surface area contributed by atoms with Crippen LogP contribution in [0, 0.1) is 11.3 Å². The molecule has 2 aromatic heterocycles. The van der Waals surface area contributed by atoms with Crippen molar-refractivity contribution in [3.05, 3.63) is 17.8 Å². The number of aromatic nitrogens is 3. The van der Waals surface area contributed by atoms with Crippen LogP contribution in [0.3, 0.4) is 0 Å². The van der Waals surface area contributed by atoms with Crippen molar-refractivity contribution in [1.82, 2.24) is 14.6 Å². The first-order chi connectivity index (χ1) is 8.33. The fraction of sp³-hybridized carbons (Fsp3) is 0.364. The minimum atomic E-state index is 0.478. The number of nitriles is 1. The summed E-state index contributed by atoms with van der Waals surface area (Å²) in [7, 11) is 0. The minimum Gasteiger partial charge on any atom is -0.366 e. The van der Waals surface area contributed by atoms with Crippen LogP contribution in [0.25, 0.3) is 5.65 Å². The maximum absolute atomic E-state index is 9.28. The molecule has 5 nitrogen and oxygen atoms in total. The van der Waals surface area contributed by atoms with Gasteiger partial charge in [0.05, 0.1) is 6.20 Å². The molecule has 0 spiro atoms. The van der Waals surface area contributed by atoms with Crippen molar-refractivity contribution in [1.29, 1.82) is 5.26 Å². The van der Waals surface area contributed by atoms with Crippen molar-refractivity contribution < 1.29 is 0 Å². The molecule has 0 amide bonds. The van der Waals surface area contributed by atoms with E-state index < -0.39 is 0 Å². The molecule has 0 atom stereocenters. The monoisotopic (exact) mass is 245 g/mol. The van der Waals surface area contributed by atoms with E-state index in [0.717, 1.165) is 29.3 Å². The van der Waals surface area contributed by atoms with Gasteiger partial charge in [-0.05, 0) is 19.1 Å². The summed E-state index contributed by atoms with van der Waals surface area (Å²) >= 11 is 1.49. The van der Waals surface area contributed by atoms with E-state index in [9.17, 15) is 5.26 Å². The topological polar surface area (TPSA) is 66.0 Å². The first-order valence-corrected chi connectivity index (χ1v) is 6.64. The van der Waals surface area contributed by atoms with Crippen LogP contribution in [-0.2, 0) is 0 Å². The summed E-state index contributed by atoms with van der Waals surface area (Å²) in [5, 5.41) is 17.6. The quantitative estimate of drug-likeness (QED) is 0.661. The Labute approximate surface area is 103 Å². The highest BCUT2D eigenvalue weighted by atomic mass is 32.2. The zero-order valence-electron chi connectivity index (χ0n) is 9.34. The van der Waals surface area contributed by atoms with Crippen LogP contribution < -0.4 is 5.32 Å². The summed E-state index contributed by atoms with van der Waals surface area (Å²) in [6, 6.07) is 4.55. The van der Waals surface area contributed by atoms with Gasteiger partial charge in [-0.25, -0.2) is 4.98 Å². The zero-order valence-corrected chi connectivity index (χ0v) is 10.2. The van der Waals surface area contributed by atoms with Gasteiger partial charge in [-0.3, -0.25) is 0 Å². The predicted molar refractivity (Wildman–Crippen MR) is 66.1 cm³/mol. The van der Waals surface area contributed by atoms with E-state index in [0.29, 0.717) is 11.6 Å². The molecular weight excluding hydrogens is 234 g/mol. The lowest BCUT2D eigenvalue weighted by molar-refractivity contribution is 0.896. The molecule has 0 aliphatic heterocycles. The van der Waals surface area contributed by atoms with Gasteiger partial charge in [0.1, 0.15) is 16.7 Å². The molecule has 1 aliphatic rings. The number of thioether (sulfide) groups is 1. The van der Waals surface area contributed by atoms with Crippen molar-refractivity contribution in [3.63, 3.8) is 0 Å². The van der Waals surface area contributed by atoms with E-state index in [1.165, 1.54) is 11.8 Å². The number of rotatable bonds is 3. The van der Waals surface area contributed by atoms with Crippen LogP contribution in [0.15, 0.2) is 17.3 Å². The third kappa shape index (κ3) is 1.72. The first-order valence-electron chi connectivity index (χ1n) is 5.42.